The largest absolute Gasteiger partial charge is 0.0628 e. The lowest BCUT2D eigenvalue weighted by Crippen LogP contribution is -1.95. The van der Waals surface area contributed by atoms with Crippen LogP contribution in [0, 0.1) is 17.9 Å². The molecule has 0 saturated heterocycles. The first-order valence-corrected chi connectivity index (χ1v) is 6.57. The van der Waals surface area contributed by atoms with E-state index in [9.17, 15) is 0 Å². The highest BCUT2D eigenvalue weighted by Crippen LogP contribution is 2.13. The van der Waals surface area contributed by atoms with Gasteiger partial charge in [0.15, 0.2) is 0 Å². The van der Waals surface area contributed by atoms with E-state index in [1.165, 1.54) is 36.8 Å². The Morgan fingerprint density at radius 3 is 1.69 bits per heavy atom. The maximum Gasteiger partial charge on any atom is -0.0178 e. The molecule has 1 radical (unpaired) electrons. The van der Waals surface area contributed by atoms with Crippen LogP contribution >= 0.6 is 0 Å². The lowest BCUT2D eigenvalue weighted by molar-refractivity contribution is 0.581. The summed E-state index contributed by atoms with van der Waals surface area (Å²) < 4.78 is 0. The highest BCUT2D eigenvalue weighted by molar-refractivity contribution is 5.22. The van der Waals surface area contributed by atoms with Gasteiger partial charge >= 0.3 is 0 Å². The summed E-state index contributed by atoms with van der Waals surface area (Å²) in [5.41, 5.74) is 2.91. The SMILES string of the molecule is CC(C)CCc1c[c]cc(CCC(C)C)c1. The van der Waals surface area contributed by atoms with Gasteiger partial charge in [-0.3, -0.25) is 0 Å². The fourth-order valence-corrected chi connectivity index (χ4v) is 1.78. The van der Waals surface area contributed by atoms with Crippen molar-refractivity contribution in [3.05, 3.63) is 35.4 Å². The molecule has 0 aromatic heterocycles. The summed E-state index contributed by atoms with van der Waals surface area (Å²) in [5, 5.41) is 0. The molecule has 0 bridgehead atoms. The van der Waals surface area contributed by atoms with E-state index >= 15 is 0 Å². The fourth-order valence-electron chi connectivity index (χ4n) is 1.78. The van der Waals surface area contributed by atoms with E-state index in [-0.39, 0.29) is 0 Å². The van der Waals surface area contributed by atoms with Gasteiger partial charge < -0.3 is 0 Å². The summed E-state index contributed by atoms with van der Waals surface area (Å²) in [6.07, 6.45) is 4.95. The van der Waals surface area contributed by atoms with Crippen molar-refractivity contribution in [3.8, 4) is 0 Å². The van der Waals surface area contributed by atoms with Crippen LogP contribution in [0.3, 0.4) is 0 Å². The van der Waals surface area contributed by atoms with Gasteiger partial charge in [-0.2, -0.15) is 0 Å². The second-order valence-electron chi connectivity index (χ2n) is 5.61. The zero-order valence-electron chi connectivity index (χ0n) is 11.2. The first kappa shape index (κ1) is 13.3. The summed E-state index contributed by atoms with van der Waals surface area (Å²) in [7, 11) is 0. The molecule has 0 fully saturated rings. The van der Waals surface area contributed by atoms with E-state index in [1.807, 2.05) is 0 Å². The molecule has 16 heavy (non-hydrogen) atoms. The number of rotatable bonds is 6. The average Bonchev–Trinajstić information content (AvgIpc) is 2.24. The van der Waals surface area contributed by atoms with E-state index in [1.54, 1.807) is 0 Å². The molecule has 0 nitrogen and oxygen atoms in total. The molecular formula is C16H25. The van der Waals surface area contributed by atoms with Gasteiger partial charge in [0.05, 0.1) is 0 Å². The van der Waals surface area contributed by atoms with E-state index < -0.39 is 0 Å². The highest BCUT2D eigenvalue weighted by Gasteiger charge is 2.00. The average molecular weight is 217 g/mol. The topological polar surface area (TPSA) is 0 Å². The van der Waals surface area contributed by atoms with Crippen molar-refractivity contribution >= 4 is 0 Å². The Hall–Kier alpha value is -0.780. The number of aryl methyl sites for hydroxylation is 2. The zero-order chi connectivity index (χ0) is 12.0. The van der Waals surface area contributed by atoms with Crippen LogP contribution in [0.15, 0.2) is 18.2 Å². The number of hydrogen-bond acceptors (Lipinski definition) is 0. The van der Waals surface area contributed by atoms with Gasteiger partial charge in [0.25, 0.3) is 0 Å². The van der Waals surface area contributed by atoms with Crippen LogP contribution in [-0.2, 0) is 12.8 Å². The molecule has 0 N–H and O–H groups in total. The van der Waals surface area contributed by atoms with Crippen molar-refractivity contribution in [1.29, 1.82) is 0 Å². The van der Waals surface area contributed by atoms with Crippen molar-refractivity contribution < 1.29 is 0 Å². The van der Waals surface area contributed by atoms with Gasteiger partial charge in [-0.05, 0) is 54.7 Å². The Morgan fingerprint density at radius 1 is 0.875 bits per heavy atom. The van der Waals surface area contributed by atoms with Crippen LogP contribution in [0.25, 0.3) is 0 Å². The van der Waals surface area contributed by atoms with Gasteiger partial charge in [-0.15, -0.1) is 0 Å². The molecule has 0 aliphatic carbocycles. The van der Waals surface area contributed by atoms with E-state index in [0.29, 0.717) is 0 Å². The lowest BCUT2D eigenvalue weighted by Gasteiger charge is -2.08. The summed E-state index contributed by atoms with van der Waals surface area (Å²) in [4.78, 5) is 0. The predicted molar refractivity (Wildman–Crippen MR) is 71.6 cm³/mol. The van der Waals surface area contributed by atoms with Gasteiger partial charge in [-0.25, -0.2) is 0 Å². The third kappa shape index (κ3) is 5.34. The molecular weight excluding hydrogens is 192 g/mol. The zero-order valence-corrected chi connectivity index (χ0v) is 11.2. The molecule has 1 rings (SSSR count). The minimum absolute atomic E-state index is 0.791. The monoisotopic (exact) mass is 217 g/mol. The van der Waals surface area contributed by atoms with Crippen LogP contribution < -0.4 is 0 Å². The van der Waals surface area contributed by atoms with Crippen LogP contribution in [0.1, 0.15) is 51.7 Å². The highest BCUT2D eigenvalue weighted by atomic mass is 14.1. The van der Waals surface area contributed by atoms with E-state index in [0.717, 1.165) is 11.8 Å². The molecule has 0 aliphatic rings. The maximum atomic E-state index is 3.28. The minimum Gasteiger partial charge on any atom is -0.0628 e. The van der Waals surface area contributed by atoms with Crippen molar-refractivity contribution in [1.82, 2.24) is 0 Å². The molecule has 0 amide bonds. The molecule has 0 saturated carbocycles. The third-order valence-corrected chi connectivity index (χ3v) is 2.93. The van der Waals surface area contributed by atoms with Gasteiger partial charge in [0.2, 0.25) is 0 Å². The van der Waals surface area contributed by atoms with Crippen molar-refractivity contribution in [2.45, 2.75) is 53.4 Å². The van der Waals surface area contributed by atoms with Gasteiger partial charge in [0, 0.05) is 0 Å². The summed E-state index contributed by atoms with van der Waals surface area (Å²) in [6, 6.07) is 9.92. The van der Waals surface area contributed by atoms with Crippen LogP contribution in [0.2, 0.25) is 0 Å². The Labute approximate surface area is 101 Å². The third-order valence-electron chi connectivity index (χ3n) is 2.93. The van der Waals surface area contributed by atoms with Gasteiger partial charge in [-0.1, -0.05) is 45.9 Å². The Bertz CT molecular complexity index is 269. The molecule has 0 unspecified atom stereocenters. The van der Waals surface area contributed by atoms with Crippen LogP contribution in [0.4, 0.5) is 0 Å². The predicted octanol–water partition coefficient (Wildman–Crippen LogP) is 4.66. The van der Waals surface area contributed by atoms with Crippen molar-refractivity contribution in [2.24, 2.45) is 11.8 Å². The maximum absolute atomic E-state index is 3.28. The van der Waals surface area contributed by atoms with E-state index in [2.05, 4.69) is 52.0 Å². The standard InChI is InChI=1S/C16H25/c1-13(2)8-10-15-6-5-7-16(12-15)11-9-14(3)4/h6-7,12-14H,8-11H2,1-4H3. The molecule has 89 valence electrons. The van der Waals surface area contributed by atoms with Crippen LogP contribution in [0.5, 0.6) is 0 Å². The summed E-state index contributed by atoms with van der Waals surface area (Å²) >= 11 is 0. The molecule has 1 aromatic rings. The van der Waals surface area contributed by atoms with E-state index in [4.69, 9.17) is 0 Å². The molecule has 0 atom stereocenters. The van der Waals surface area contributed by atoms with Crippen molar-refractivity contribution in [3.63, 3.8) is 0 Å². The first-order valence-electron chi connectivity index (χ1n) is 6.57. The molecule has 0 spiro atoms. The Morgan fingerprint density at radius 2 is 1.31 bits per heavy atom. The molecule has 1 aromatic carbocycles. The summed E-state index contributed by atoms with van der Waals surface area (Å²) in [6.45, 7) is 9.14. The minimum atomic E-state index is 0.791. The molecule has 0 heterocycles. The fraction of sp³-hybridized carbons (Fsp3) is 0.625. The van der Waals surface area contributed by atoms with Gasteiger partial charge in [0.1, 0.15) is 0 Å². The van der Waals surface area contributed by atoms with Crippen molar-refractivity contribution in [2.75, 3.05) is 0 Å². The smallest absolute Gasteiger partial charge is 0.0178 e. The number of hydrogen-bond donors (Lipinski definition) is 0. The first-order chi connectivity index (χ1) is 7.58. The van der Waals surface area contributed by atoms with Crippen LogP contribution in [-0.4, -0.2) is 0 Å². The second kappa shape index (κ2) is 6.73. The molecule has 0 aliphatic heterocycles. The Kier molecular flexibility index (Phi) is 5.59. The summed E-state index contributed by atoms with van der Waals surface area (Å²) in [5.74, 6) is 1.58. The second-order valence-corrected chi connectivity index (χ2v) is 5.61. The quantitative estimate of drug-likeness (QED) is 0.650. The normalized spacial score (nSPS) is 11.4. The number of benzene rings is 1. The molecule has 0 heteroatoms. The lowest BCUT2D eigenvalue weighted by atomic mass is 9.98. The Balaban J connectivity index is 2.50.